The number of hydrogen-bond acceptors (Lipinski definition) is 4. The van der Waals surface area contributed by atoms with Crippen LogP contribution in [0.3, 0.4) is 0 Å². The van der Waals surface area contributed by atoms with Crippen LogP contribution >= 0.6 is 56.5 Å². The molecule has 142 valence electrons. The molecule has 1 aliphatic rings. The second-order valence-electron chi connectivity index (χ2n) is 7.87. The standard InChI is InChI=1S/C21H22I2N2OS/c1-21(2,3)13-5-6-15-16(10-24)20(27-18(15)8-13)25-11-12-7-14(22)9-17(23)19(12)26-4/h7,9,11,13H,5-6,8H2,1-4H3/t13-/m1/s1. The summed E-state index contributed by atoms with van der Waals surface area (Å²) in [6, 6.07) is 6.54. The zero-order valence-electron chi connectivity index (χ0n) is 15.9. The molecule has 1 heterocycles. The van der Waals surface area contributed by atoms with Crippen molar-refractivity contribution in [2.24, 2.45) is 16.3 Å². The van der Waals surface area contributed by atoms with Gasteiger partial charge in [-0.05, 0) is 93.5 Å². The molecule has 0 bridgehead atoms. The maximum atomic E-state index is 9.73. The fourth-order valence-corrected chi connectivity index (χ4v) is 6.87. The van der Waals surface area contributed by atoms with Crippen molar-refractivity contribution < 1.29 is 4.74 Å². The molecular weight excluding hydrogens is 582 g/mol. The smallest absolute Gasteiger partial charge is 0.141 e. The van der Waals surface area contributed by atoms with Gasteiger partial charge in [-0.15, -0.1) is 11.3 Å². The summed E-state index contributed by atoms with van der Waals surface area (Å²) < 4.78 is 7.74. The summed E-state index contributed by atoms with van der Waals surface area (Å²) in [4.78, 5) is 6.06. The molecule has 1 aliphatic carbocycles. The molecule has 1 aromatic carbocycles. The van der Waals surface area contributed by atoms with E-state index in [2.05, 4.69) is 84.2 Å². The van der Waals surface area contributed by atoms with E-state index in [0.717, 1.165) is 48.3 Å². The number of nitriles is 1. The largest absolute Gasteiger partial charge is 0.495 e. The fraction of sp³-hybridized carbons (Fsp3) is 0.429. The lowest BCUT2D eigenvalue weighted by atomic mass is 9.72. The monoisotopic (exact) mass is 604 g/mol. The van der Waals surface area contributed by atoms with Crippen LogP contribution in [0.5, 0.6) is 5.75 Å². The van der Waals surface area contributed by atoms with E-state index in [9.17, 15) is 5.26 Å². The van der Waals surface area contributed by atoms with Crippen molar-refractivity contribution in [1.82, 2.24) is 0 Å². The third-order valence-electron chi connectivity index (χ3n) is 5.15. The molecule has 0 saturated heterocycles. The van der Waals surface area contributed by atoms with Crippen molar-refractivity contribution >= 4 is 67.7 Å². The SMILES string of the molecule is COc1c(I)cc(I)cc1C=Nc1sc2c(c1C#N)CC[C@@H](C(C)(C)C)C2. The Morgan fingerprint density at radius 3 is 2.70 bits per heavy atom. The van der Waals surface area contributed by atoms with Crippen LogP contribution in [-0.4, -0.2) is 13.3 Å². The Kier molecular flexibility index (Phi) is 6.53. The molecule has 0 aliphatic heterocycles. The molecule has 0 saturated carbocycles. The maximum Gasteiger partial charge on any atom is 0.141 e. The molecule has 3 nitrogen and oxygen atoms in total. The molecule has 1 atom stereocenters. The van der Waals surface area contributed by atoms with E-state index in [1.54, 1.807) is 18.4 Å². The predicted molar refractivity (Wildman–Crippen MR) is 130 cm³/mol. The van der Waals surface area contributed by atoms with Crippen LogP contribution in [0.4, 0.5) is 5.00 Å². The van der Waals surface area contributed by atoms with Gasteiger partial charge in [0.05, 0.1) is 16.2 Å². The number of fused-ring (bicyclic) bond motifs is 1. The summed E-state index contributed by atoms with van der Waals surface area (Å²) in [6.07, 6.45) is 5.02. The van der Waals surface area contributed by atoms with E-state index in [4.69, 9.17) is 9.73 Å². The molecule has 0 N–H and O–H groups in total. The van der Waals surface area contributed by atoms with Gasteiger partial charge in [-0.1, -0.05) is 20.8 Å². The van der Waals surface area contributed by atoms with Gasteiger partial charge in [-0.2, -0.15) is 5.26 Å². The van der Waals surface area contributed by atoms with Crippen LogP contribution in [0.15, 0.2) is 17.1 Å². The number of methoxy groups -OCH3 is 1. The molecule has 2 aromatic rings. The van der Waals surface area contributed by atoms with Gasteiger partial charge in [0.1, 0.15) is 16.8 Å². The first kappa shape index (κ1) is 21.1. The Hall–Kier alpha value is -0.660. The number of thiophene rings is 1. The molecule has 0 fully saturated rings. The van der Waals surface area contributed by atoms with E-state index >= 15 is 0 Å². The molecule has 0 amide bonds. The lowest BCUT2D eigenvalue weighted by Gasteiger charge is -2.33. The third kappa shape index (κ3) is 4.51. The van der Waals surface area contributed by atoms with Crippen LogP contribution in [0.1, 0.15) is 48.8 Å². The molecular formula is C21H22I2N2OS. The van der Waals surface area contributed by atoms with E-state index in [1.807, 2.05) is 6.21 Å². The number of rotatable bonds is 3. The average molecular weight is 604 g/mol. The van der Waals surface area contributed by atoms with Crippen LogP contribution in [-0.2, 0) is 12.8 Å². The Balaban J connectivity index is 1.97. The summed E-state index contributed by atoms with van der Waals surface area (Å²) in [6.45, 7) is 6.93. The zero-order chi connectivity index (χ0) is 19.8. The Bertz CT molecular complexity index is 935. The van der Waals surface area contributed by atoms with E-state index in [-0.39, 0.29) is 0 Å². The first-order valence-electron chi connectivity index (χ1n) is 8.86. The van der Waals surface area contributed by atoms with Crippen molar-refractivity contribution in [3.63, 3.8) is 0 Å². The highest BCUT2D eigenvalue weighted by Gasteiger charge is 2.32. The van der Waals surface area contributed by atoms with Gasteiger partial charge in [0, 0.05) is 20.2 Å². The molecule has 6 heteroatoms. The minimum atomic E-state index is 0.294. The summed E-state index contributed by atoms with van der Waals surface area (Å²) in [5, 5.41) is 10.6. The van der Waals surface area contributed by atoms with Gasteiger partial charge in [0.25, 0.3) is 0 Å². The summed E-state index contributed by atoms with van der Waals surface area (Å²) in [5.74, 6) is 1.48. The van der Waals surface area contributed by atoms with Gasteiger partial charge in [-0.3, -0.25) is 0 Å². The Labute approximate surface area is 192 Å². The lowest BCUT2D eigenvalue weighted by molar-refractivity contribution is 0.218. The number of ether oxygens (including phenoxy) is 1. The molecule has 3 rings (SSSR count). The number of aliphatic imine (C=N–C) groups is 1. The lowest BCUT2D eigenvalue weighted by Crippen LogP contribution is -2.26. The van der Waals surface area contributed by atoms with Crippen LogP contribution in [0.2, 0.25) is 0 Å². The van der Waals surface area contributed by atoms with Crippen molar-refractivity contribution in [2.45, 2.75) is 40.0 Å². The minimum absolute atomic E-state index is 0.294. The molecule has 1 aromatic heterocycles. The third-order valence-corrected chi connectivity index (χ3v) is 7.73. The zero-order valence-corrected chi connectivity index (χ0v) is 21.0. The van der Waals surface area contributed by atoms with Crippen molar-refractivity contribution in [3.05, 3.63) is 40.8 Å². The van der Waals surface area contributed by atoms with Gasteiger partial charge in [0.2, 0.25) is 0 Å². The first-order chi connectivity index (χ1) is 12.7. The van der Waals surface area contributed by atoms with Gasteiger partial charge >= 0.3 is 0 Å². The predicted octanol–water partition coefficient (Wildman–Crippen LogP) is 6.74. The van der Waals surface area contributed by atoms with Gasteiger partial charge in [0.15, 0.2) is 0 Å². The van der Waals surface area contributed by atoms with Crippen LogP contribution < -0.4 is 4.74 Å². The minimum Gasteiger partial charge on any atom is -0.495 e. The second kappa shape index (κ2) is 8.37. The normalized spacial score (nSPS) is 17.0. The van der Waals surface area contributed by atoms with E-state index in [1.165, 1.54) is 10.4 Å². The number of halogens is 2. The van der Waals surface area contributed by atoms with Crippen LogP contribution in [0.25, 0.3) is 0 Å². The van der Waals surface area contributed by atoms with Crippen molar-refractivity contribution in [1.29, 1.82) is 5.26 Å². The number of hydrogen-bond donors (Lipinski definition) is 0. The van der Waals surface area contributed by atoms with E-state index in [0.29, 0.717) is 11.3 Å². The maximum absolute atomic E-state index is 9.73. The highest BCUT2D eigenvalue weighted by molar-refractivity contribution is 14.1. The van der Waals surface area contributed by atoms with Crippen LogP contribution in [0, 0.1) is 29.8 Å². The quantitative estimate of drug-likeness (QED) is 0.288. The number of nitrogens with zero attached hydrogens (tertiary/aromatic N) is 2. The van der Waals surface area contributed by atoms with Gasteiger partial charge < -0.3 is 4.74 Å². The second-order valence-corrected chi connectivity index (χ2v) is 11.4. The highest BCUT2D eigenvalue weighted by Crippen LogP contribution is 2.45. The van der Waals surface area contributed by atoms with Crippen molar-refractivity contribution in [3.8, 4) is 11.8 Å². The van der Waals surface area contributed by atoms with E-state index < -0.39 is 0 Å². The van der Waals surface area contributed by atoms with Gasteiger partial charge in [-0.25, -0.2) is 4.99 Å². The Morgan fingerprint density at radius 1 is 1.33 bits per heavy atom. The fourth-order valence-electron chi connectivity index (χ4n) is 3.54. The average Bonchev–Trinajstić information content (AvgIpc) is 2.95. The molecule has 0 unspecified atom stereocenters. The first-order valence-corrected chi connectivity index (χ1v) is 11.8. The topological polar surface area (TPSA) is 45.4 Å². The summed E-state index contributed by atoms with van der Waals surface area (Å²) in [5.41, 5.74) is 3.22. The molecule has 0 radical (unpaired) electrons. The highest BCUT2D eigenvalue weighted by atomic mass is 127. The molecule has 27 heavy (non-hydrogen) atoms. The Morgan fingerprint density at radius 2 is 2.07 bits per heavy atom. The summed E-state index contributed by atoms with van der Waals surface area (Å²) >= 11 is 6.26. The number of benzene rings is 1. The van der Waals surface area contributed by atoms with Crippen molar-refractivity contribution in [2.75, 3.05) is 7.11 Å². The molecule has 0 spiro atoms. The summed E-state index contributed by atoms with van der Waals surface area (Å²) in [7, 11) is 1.68.